The van der Waals surface area contributed by atoms with Gasteiger partial charge in [-0.15, -0.1) is 0 Å². The fraction of sp³-hybridized carbons (Fsp3) is 0.462. The summed E-state index contributed by atoms with van der Waals surface area (Å²) in [5, 5.41) is 2.72. The molecule has 3 nitrogen and oxygen atoms in total. The highest BCUT2D eigenvalue weighted by Crippen LogP contribution is 2.21. The lowest BCUT2D eigenvalue weighted by molar-refractivity contribution is -0.121. The molecule has 0 spiro atoms. The highest BCUT2D eigenvalue weighted by Gasteiger charge is 2.16. The van der Waals surface area contributed by atoms with Crippen molar-refractivity contribution in [3.8, 4) is 0 Å². The van der Waals surface area contributed by atoms with E-state index >= 15 is 0 Å². The Morgan fingerprint density at radius 1 is 1.44 bits per heavy atom. The van der Waals surface area contributed by atoms with E-state index in [-0.39, 0.29) is 5.91 Å². The molecule has 1 unspecified atom stereocenters. The highest BCUT2D eigenvalue weighted by molar-refractivity contribution is 5.76. The van der Waals surface area contributed by atoms with Gasteiger partial charge in [-0.05, 0) is 25.5 Å². The third-order valence-corrected chi connectivity index (χ3v) is 2.69. The molecule has 3 N–H and O–H groups in total. The number of rotatable bonds is 6. The summed E-state index contributed by atoms with van der Waals surface area (Å²) in [5.74, 6) is -1.43. The van der Waals surface area contributed by atoms with E-state index in [1.54, 1.807) is 0 Å². The first-order valence-corrected chi connectivity index (χ1v) is 6.02. The summed E-state index contributed by atoms with van der Waals surface area (Å²) in [4.78, 5) is 11.6. The first-order chi connectivity index (χ1) is 8.58. The topological polar surface area (TPSA) is 55.1 Å². The van der Waals surface area contributed by atoms with Gasteiger partial charge >= 0.3 is 0 Å². The Labute approximate surface area is 105 Å². The van der Waals surface area contributed by atoms with E-state index in [0.717, 1.165) is 6.07 Å². The van der Waals surface area contributed by atoms with Crippen LogP contribution in [-0.2, 0) is 4.79 Å². The molecule has 1 aromatic carbocycles. The largest absolute Gasteiger partial charge is 0.349 e. The molecule has 0 fully saturated rings. The molecular weight excluding hydrogens is 238 g/mol. The Kier molecular flexibility index (Phi) is 5.71. The molecule has 0 radical (unpaired) electrons. The maximum atomic E-state index is 13.6. The number of nitrogens with one attached hydrogen (secondary N) is 1. The second-order valence-electron chi connectivity index (χ2n) is 4.09. The Morgan fingerprint density at radius 3 is 2.72 bits per heavy atom. The van der Waals surface area contributed by atoms with Gasteiger partial charge in [0.2, 0.25) is 5.91 Å². The van der Waals surface area contributed by atoms with Gasteiger partial charge in [-0.1, -0.05) is 13.0 Å². The van der Waals surface area contributed by atoms with Crippen LogP contribution in [-0.4, -0.2) is 12.5 Å². The van der Waals surface area contributed by atoms with Gasteiger partial charge in [-0.3, -0.25) is 4.79 Å². The standard InChI is InChI=1S/C13H18F2N2O/c1-2-12(17-13(18)4-3-7-16)10-6-5-9(14)8-11(10)15/h5-6,8,12H,2-4,7,16H2,1H3,(H,17,18). The molecule has 0 aliphatic rings. The molecular formula is C13H18F2N2O. The van der Waals surface area contributed by atoms with Crippen LogP contribution in [0.2, 0.25) is 0 Å². The van der Waals surface area contributed by atoms with Gasteiger partial charge in [0.15, 0.2) is 0 Å². The lowest BCUT2D eigenvalue weighted by Gasteiger charge is -2.18. The molecule has 5 heteroatoms. The van der Waals surface area contributed by atoms with Crippen molar-refractivity contribution in [2.45, 2.75) is 32.2 Å². The zero-order chi connectivity index (χ0) is 13.5. The van der Waals surface area contributed by atoms with Crippen LogP contribution >= 0.6 is 0 Å². The SMILES string of the molecule is CCC(NC(=O)CCCN)c1ccc(F)cc1F. The number of amides is 1. The number of benzene rings is 1. The van der Waals surface area contributed by atoms with Crippen molar-refractivity contribution in [1.82, 2.24) is 5.32 Å². The van der Waals surface area contributed by atoms with Gasteiger partial charge in [0, 0.05) is 18.1 Å². The zero-order valence-electron chi connectivity index (χ0n) is 10.4. The van der Waals surface area contributed by atoms with Gasteiger partial charge < -0.3 is 11.1 Å². The van der Waals surface area contributed by atoms with Crippen LogP contribution in [0.5, 0.6) is 0 Å². The van der Waals surface area contributed by atoms with Crippen LogP contribution in [0.15, 0.2) is 18.2 Å². The zero-order valence-corrected chi connectivity index (χ0v) is 10.4. The van der Waals surface area contributed by atoms with Gasteiger partial charge in [0.05, 0.1) is 6.04 Å². The third kappa shape index (κ3) is 4.07. The van der Waals surface area contributed by atoms with Crippen molar-refractivity contribution in [2.24, 2.45) is 5.73 Å². The van der Waals surface area contributed by atoms with Crippen molar-refractivity contribution in [3.05, 3.63) is 35.4 Å². The maximum absolute atomic E-state index is 13.6. The lowest BCUT2D eigenvalue weighted by atomic mass is 10.0. The molecule has 18 heavy (non-hydrogen) atoms. The number of hydrogen-bond acceptors (Lipinski definition) is 2. The van der Waals surface area contributed by atoms with Crippen LogP contribution < -0.4 is 11.1 Å². The predicted molar refractivity (Wildman–Crippen MR) is 65.8 cm³/mol. The van der Waals surface area contributed by atoms with Crippen LogP contribution in [0.25, 0.3) is 0 Å². The van der Waals surface area contributed by atoms with Crippen molar-refractivity contribution in [1.29, 1.82) is 0 Å². The van der Waals surface area contributed by atoms with Crippen molar-refractivity contribution in [2.75, 3.05) is 6.54 Å². The van der Waals surface area contributed by atoms with Gasteiger partial charge in [-0.2, -0.15) is 0 Å². The summed E-state index contributed by atoms with van der Waals surface area (Å²) in [6.07, 6.45) is 1.45. The summed E-state index contributed by atoms with van der Waals surface area (Å²) in [6.45, 7) is 2.27. The number of nitrogens with two attached hydrogens (primary N) is 1. The summed E-state index contributed by atoms with van der Waals surface area (Å²) in [6, 6.07) is 2.94. The monoisotopic (exact) mass is 256 g/mol. The number of halogens is 2. The van der Waals surface area contributed by atoms with E-state index in [1.165, 1.54) is 12.1 Å². The Bertz CT molecular complexity index is 410. The minimum Gasteiger partial charge on any atom is -0.349 e. The smallest absolute Gasteiger partial charge is 0.220 e. The second-order valence-corrected chi connectivity index (χ2v) is 4.09. The molecule has 0 aliphatic heterocycles. The van der Waals surface area contributed by atoms with Crippen molar-refractivity contribution in [3.63, 3.8) is 0 Å². The van der Waals surface area contributed by atoms with E-state index < -0.39 is 17.7 Å². The predicted octanol–water partition coefficient (Wildman–Crippen LogP) is 2.27. The van der Waals surface area contributed by atoms with E-state index in [2.05, 4.69) is 5.32 Å². The van der Waals surface area contributed by atoms with Crippen molar-refractivity contribution < 1.29 is 13.6 Å². The molecule has 0 aromatic heterocycles. The van der Waals surface area contributed by atoms with Gasteiger partial charge in [0.25, 0.3) is 0 Å². The summed E-state index contributed by atoms with van der Waals surface area (Å²) in [5.41, 5.74) is 5.62. The molecule has 0 heterocycles. The van der Waals surface area contributed by atoms with E-state index in [4.69, 9.17) is 5.73 Å². The number of carbonyl (C=O) groups is 1. The van der Waals surface area contributed by atoms with E-state index in [0.29, 0.717) is 31.4 Å². The van der Waals surface area contributed by atoms with E-state index in [9.17, 15) is 13.6 Å². The Balaban J connectivity index is 2.73. The molecule has 100 valence electrons. The Hall–Kier alpha value is -1.49. The quantitative estimate of drug-likeness (QED) is 0.820. The summed E-state index contributed by atoms with van der Waals surface area (Å²) >= 11 is 0. The average Bonchev–Trinajstić information content (AvgIpc) is 2.34. The first-order valence-electron chi connectivity index (χ1n) is 6.02. The van der Waals surface area contributed by atoms with Gasteiger partial charge in [-0.25, -0.2) is 8.78 Å². The van der Waals surface area contributed by atoms with Crippen LogP contribution in [0.4, 0.5) is 8.78 Å². The molecule has 1 aromatic rings. The first kappa shape index (κ1) is 14.6. The molecule has 0 saturated carbocycles. The lowest BCUT2D eigenvalue weighted by Crippen LogP contribution is -2.29. The molecule has 1 rings (SSSR count). The molecule has 0 aliphatic carbocycles. The fourth-order valence-electron chi connectivity index (χ4n) is 1.71. The fourth-order valence-corrected chi connectivity index (χ4v) is 1.71. The summed E-state index contributed by atoms with van der Waals surface area (Å²) in [7, 11) is 0. The van der Waals surface area contributed by atoms with Gasteiger partial charge in [0.1, 0.15) is 11.6 Å². The molecule has 1 atom stereocenters. The second kappa shape index (κ2) is 7.06. The highest BCUT2D eigenvalue weighted by atomic mass is 19.1. The molecule has 0 saturated heterocycles. The van der Waals surface area contributed by atoms with Crippen LogP contribution in [0.1, 0.15) is 37.8 Å². The Morgan fingerprint density at radius 2 is 2.17 bits per heavy atom. The number of hydrogen-bond donors (Lipinski definition) is 2. The molecule has 1 amide bonds. The maximum Gasteiger partial charge on any atom is 0.220 e. The summed E-state index contributed by atoms with van der Waals surface area (Å²) < 4.78 is 26.4. The normalized spacial score (nSPS) is 12.2. The molecule has 0 bridgehead atoms. The van der Waals surface area contributed by atoms with Crippen LogP contribution in [0, 0.1) is 11.6 Å². The third-order valence-electron chi connectivity index (χ3n) is 2.69. The minimum absolute atomic E-state index is 0.170. The van der Waals surface area contributed by atoms with Crippen molar-refractivity contribution >= 4 is 5.91 Å². The average molecular weight is 256 g/mol. The minimum atomic E-state index is -0.638. The van der Waals surface area contributed by atoms with Crippen LogP contribution in [0.3, 0.4) is 0 Å². The number of carbonyl (C=O) groups excluding carboxylic acids is 1. The van der Waals surface area contributed by atoms with E-state index in [1.807, 2.05) is 6.92 Å².